The van der Waals surface area contributed by atoms with E-state index in [4.69, 9.17) is 11.6 Å². The predicted octanol–water partition coefficient (Wildman–Crippen LogP) is 3.99. The van der Waals surface area contributed by atoms with Crippen LogP contribution in [0.5, 0.6) is 0 Å². The fourth-order valence-electron chi connectivity index (χ4n) is 2.83. The zero-order valence-corrected chi connectivity index (χ0v) is 18.8. The lowest BCUT2D eigenvalue weighted by Crippen LogP contribution is -2.16. The van der Waals surface area contributed by atoms with Gasteiger partial charge in [0.15, 0.2) is 15.7 Å². The molecule has 11 heteroatoms. The first-order valence-corrected chi connectivity index (χ1v) is 11.9. The molecule has 4 rings (SSSR count). The quantitative estimate of drug-likeness (QED) is 0.424. The van der Waals surface area contributed by atoms with Gasteiger partial charge in [-0.05, 0) is 42.5 Å². The number of carbonyl (C=O) groups is 1. The van der Waals surface area contributed by atoms with Crippen molar-refractivity contribution in [2.45, 2.75) is 4.90 Å². The van der Waals surface area contributed by atoms with Gasteiger partial charge < -0.3 is 5.32 Å². The summed E-state index contributed by atoms with van der Waals surface area (Å²) < 4.78 is 23.4. The van der Waals surface area contributed by atoms with Gasteiger partial charge in [0.25, 0.3) is 5.91 Å². The Kier molecular flexibility index (Phi) is 6.29. The van der Waals surface area contributed by atoms with Crippen LogP contribution in [-0.4, -0.2) is 40.5 Å². The third-order valence-corrected chi connectivity index (χ3v) is 5.82. The first kappa shape index (κ1) is 22.3. The van der Waals surface area contributed by atoms with E-state index in [1.54, 1.807) is 24.4 Å². The number of rotatable bonds is 6. The highest BCUT2D eigenvalue weighted by atomic mass is 35.5. The second-order valence-corrected chi connectivity index (χ2v) is 9.30. The van der Waals surface area contributed by atoms with E-state index in [-0.39, 0.29) is 33.2 Å². The van der Waals surface area contributed by atoms with Gasteiger partial charge in [-0.2, -0.15) is 15.0 Å². The molecule has 2 aromatic carbocycles. The van der Waals surface area contributed by atoms with Gasteiger partial charge in [0.05, 0.1) is 15.5 Å². The van der Waals surface area contributed by atoms with E-state index in [2.05, 4.69) is 30.6 Å². The number of anilines is 3. The van der Waals surface area contributed by atoms with E-state index in [1.165, 1.54) is 18.2 Å². The molecule has 166 valence electrons. The summed E-state index contributed by atoms with van der Waals surface area (Å²) in [7, 11) is -3.46. The Morgan fingerprint density at radius 1 is 0.909 bits per heavy atom. The van der Waals surface area contributed by atoms with Gasteiger partial charge in [-0.3, -0.25) is 15.1 Å². The SMILES string of the molecule is CS(=O)(=O)c1ccc(C(=O)Nc2nc(Nc3ccccc3)nc(-c3ccccn3)n2)c(Cl)c1. The molecule has 0 atom stereocenters. The molecule has 0 aliphatic heterocycles. The van der Waals surface area contributed by atoms with Crippen molar-refractivity contribution in [1.29, 1.82) is 0 Å². The summed E-state index contributed by atoms with van der Waals surface area (Å²) in [6.45, 7) is 0. The van der Waals surface area contributed by atoms with Crippen molar-refractivity contribution in [2.75, 3.05) is 16.9 Å². The number of nitrogens with zero attached hydrogens (tertiary/aromatic N) is 4. The number of para-hydroxylation sites is 1. The van der Waals surface area contributed by atoms with Gasteiger partial charge in [0.2, 0.25) is 11.9 Å². The highest BCUT2D eigenvalue weighted by Gasteiger charge is 2.17. The monoisotopic (exact) mass is 480 g/mol. The smallest absolute Gasteiger partial charge is 0.259 e. The molecule has 2 heterocycles. The molecule has 0 fully saturated rings. The summed E-state index contributed by atoms with van der Waals surface area (Å²) in [5.41, 5.74) is 1.30. The number of aromatic nitrogens is 4. The van der Waals surface area contributed by atoms with Crippen LogP contribution in [0.1, 0.15) is 10.4 Å². The van der Waals surface area contributed by atoms with Gasteiger partial charge in [-0.15, -0.1) is 0 Å². The maximum Gasteiger partial charge on any atom is 0.259 e. The summed E-state index contributed by atoms with van der Waals surface area (Å²) in [6, 6.07) is 18.4. The highest BCUT2D eigenvalue weighted by Crippen LogP contribution is 2.23. The number of pyridine rings is 1. The van der Waals surface area contributed by atoms with Crippen molar-refractivity contribution in [1.82, 2.24) is 19.9 Å². The summed E-state index contributed by atoms with van der Waals surface area (Å²) >= 11 is 6.16. The minimum absolute atomic E-state index is 0.0102. The molecule has 0 saturated carbocycles. The van der Waals surface area contributed by atoms with Crippen LogP contribution in [0.2, 0.25) is 5.02 Å². The Morgan fingerprint density at radius 3 is 2.30 bits per heavy atom. The second-order valence-electron chi connectivity index (χ2n) is 6.88. The number of sulfone groups is 1. The van der Waals surface area contributed by atoms with Crippen molar-refractivity contribution in [3.63, 3.8) is 0 Å². The molecular formula is C22H17ClN6O3S. The fourth-order valence-corrected chi connectivity index (χ4v) is 3.81. The zero-order chi connectivity index (χ0) is 23.4. The molecular weight excluding hydrogens is 464 g/mol. The lowest BCUT2D eigenvalue weighted by molar-refractivity contribution is 0.102. The average Bonchev–Trinajstić information content (AvgIpc) is 2.79. The molecule has 9 nitrogen and oxygen atoms in total. The zero-order valence-electron chi connectivity index (χ0n) is 17.2. The van der Waals surface area contributed by atoms with Crippen LogP contribution in [0.3, 0.4) is 0 Å². The van der Waals surface area contributed by atoms with Crippen LogP contribution in [-0.2, 0) is 9.84 Å². The van der Waals surface area contributed by atoms with Gasteiger partial charge in [0, 0.05) is 18.1 Å². The van der Waals surface area contributed by atoms with E-state index in [0.717, 1.165) is 11.9 Å². The van der Waals surface area contributed by atoms with Gasteiger partial charge in [-0.1, -0.05) is 35.9 Å². The number of hydrogen-bond acceptors (Lipinski definition) is 8. The van der Waals surface area contributed by atoms with Crippen molar-refractivity contribution >= 4 is 44.9 Å². The molecule has 0 radical (unpaired) electrons. The highest BCUT2D eigenvalue weighted by molar-refractivity contribution is 7.90. The molecule has 33 heavy (non-hydrogen) atoms. The third kappa shape index (κ3) is 5.48. The Balaban J connectivity index is 1.68. The van der Waals surface area contributed by atoms with E-state index < -0.39 is 15.7 Å². The molecule has 0 saturated heterocycles. The number of benzene rings is 2. The Labute approximate surface area is 194 Å². The fraction of sp³-hybridized carbons (Fsp3) is 0.0455. The number of hydrogen-bond donors (Lipinski definition) is 2. The summed E-state index contributed by atoms with van der Waals surface area (Å²) in [4.78, 5) is 30.1. The van der Waals surface area contributed by atoms with E-state index in [9.17, 15) is 13.2 Å². The molecule has 0 aliphatic rings. The molecule has 2 aromatic heterocycles. The summed E-state index contributed by atoms with van der Waals surface area (Å²) in [5, 5.41) is 5.64. The van der Waals surface area contributed by atoms with E-state index in [0.29, 0.717) is 5.69 Å². The number of halogens is 1. The van der Waals surface area contributed by atoms with Crippen LogP contribution in [0.15, 0.2) is 77.8 Å². The maximum absolute atomic E-state index is 12.8. The van der Waals surface area contributed by atoms with Crippen LogP contribution in [0, 0.1) is 0 Å². The molecule has 0 aliphatic carbocycles. The minimum Gasteiger partial charge on any atom is -0.324 e. The Bertz CT molecular complexity index is 1420. The van der Waals surface area contributed by atoms with Gasteiger partial charge in [-0.25, -0.2) is 8.42 Å². The normalized spacial score (nSPS) is 11.1. The summed E-state index contributed by atoms with van der Waals surface area (Å²) in [5.74, 6) is -0.190. The van der Waals surface area contributed by atoms with Crippen molar-refractivity contribution in [3.05, 3.63) is 83.5 Å². The first-order valence-electron chi connectivity index (χ1n) is 9.60. The van der Waals surface area contributed by atoms with Crippen molar-refractivity contribution < 1.29 is 13.2 Å². The molecule has 0 spiro atoms. The van der Waals surface area contributed by atoms with E-state index in [1.807, 2.05) is 30.3 Å². The lowest BCUT2D eigenvalue weighted by Gasteiger charge is -2.10. The third-order valence-electron chi connectivity index (χ3n) is 4.40. The second kappa shape index (κ2) is 9.31. The Morgan fingerprint density at radius 2 is 1.64 bits per heavy atom. The van der Waals surface area contributed by atoms with Gasteiger partial charge in [0.1, 0.15) is 5.69 Å². The predicted molar refractivity (Wildman–Crippen MR) is 125 cm³/mol. The molecule has 2 N–H and O–H groups in total. The van der Waals surface area contributed by atoms with Gasteiger partial charge >= 0.3 is 0 Å². The maximum atomic E-state index is 12.8. The Hall–Kier alpha value is -3.89. The number of amides is 1. The molecule has 0 unspecified atom stereocenters. The van der Waals surface area contributed by atoms with Crippen molar-refractivity contribution in [2.24, 2.45) is 0 Å². The molecule has 1 amide bonds. The largest absolute Gasteiger partial charge is 0.324 e. The van der Waals surface area contributed by atoms with Crippen LogP contribution < -0.4 is 10.6 Å². The van der Waals surface area contributed by atoms with Crippen LogP contribution in [0.4, 0.5) is 17.6 Å². The van der Waals surface area contributed by atoms with Crippen LogP contribution in [0.25, 0.3) is 11.5 Å². The first-order chi connectivity index (χ1) is 15.8. The van der Waals surface area contributed by atoms with Crippen LogP contribution >= 0.6 is 11.6 Å². The lowest BCUT2D eigenvalue weighted by atomic mass is 10.2. The average molecular weight is 481 g/mol. The minimum atomic E-state index is -3.46. The number of nitrogens with one attached hydrogen (secondary N) is 2. The van der Waals surface area contributed by atoms with E-state index >= 15 is 0 Å². The topological polar surface area (TPSA) is 127 Å². The summed E-state index contributed by atoms with van der Waals surface area (Å²) in [6.07, 6.45) is 2.66. The number of carbonyl (C=O) groups excluding carboxylic acids is 1. The molecule has 0 bridgehead atoms. The molecule has 4 aromatic rings. The standard InChI is InChI=1S/C22H17ClN6O3S/c1-33(31,32)15-10-11-16(17(23)13-15)20(30)28-22-27-19(18-9-5-6-12-24-18)26-21(29-22)25-14-7-3-2-4-8-14/h2-13H,1H3,(H2,25,26,27,28,29,30). The van der Waals surface area contributed by atoms with Crippen molar-refractivity contribution in [3.8, 4) is 11.5 Å².